The zero-order chi connectivity index (χ0) is 22.3. The van der Waals surface area contributed by atoms with Gasteiger partial charge in [-0.3, -0.25) is 4.98 Å². The van der Waals surface area contributed by atoms with E-state index in [0.717, 1.165) is 5.52 Å². The van der Waals surface area contributed by atoms with Crippen molar-refractivity contribution >= 4 is 45.5 Å². The predicted octanol–water partition coefficient (Wildman–Crippen LogP) is 6.83. The molecule has 0 unspecified atom stereocenters. The van der Waals surface area contributed by atoms with Crippen LogP contribution in [0.5, 0.6) is 0 Å². The maximum Gasteiger partial charge on any atom is 0.0780 e. The lowest BCUT2D eigenvalue weighted by Crippen LogP contribution is -2.20. The summed E-state index contributed by atoms with van der Waals surface area (Å²) in [5, 5.41) is 7.87. The van der Waals surface area contributed by atoms with Crippen LogP contribution in [0.25, 0.3) is 21.7 Å². The van der Waals surface area contributed by atoms with Gasteiger partial charge in [0.2, 0.25) is 0 Å². The molecule has 0 radical (unpaired) electrons. The van der Waals surface area contributed by atoms with Crippen molar-refractivity contribution in [1.82, 2.24) is 4.98 Å². The summed E-state index contributed by atoms with van der Waals surface area (Å²) in [6.07, 6.45) is 1.84. The van der Waals surface area contributed by atoms with Crippen LogP contribution < -0.4 is 15.9 Å². The van der Waals surface area contributed by atoms with Gasteiger partial charge in [0.1, 0.15) is 0 Å². The number of hydrogen-bond donors (Lipinski definition) is 0. The van der Waals surface area contributed by atoms with Crippen LogP contribution in [0.2, 0.25) is 0 Å². The Morgan fingerprint density at radius 3 is 1.42 bits per heavy atom. The monoisotopic (exact) mass is 441 g/mol. The minimum atomic E-state index is -0.446. The molecule has 0 aliphatic carbocycles. The van der Waals surface area contributed by atoms with Gasteiger partial charge in [0.15, 0.2) is 0 Å². The first-order valence-electron chi connectivity index (χ1n) is 11.1. The number of benzene rings is 5. The van der Waals surface area contributed by atoms with Gasteiger partial charge in [0.25, 0.3) is 0 Å². The second kappa shape index (κ2) is 10.2. The molecule has 1 aromatic heterocycles. The number of rotatable bonds is 3. The summed E-state index contributed by atoms with van der Waals surface area (Å²) in [6, 6.07) is 49.0. The van der Waals surface area contributed by atoms with E-state index in [-0.39, 0.29) is 0 Å². The van der Waals surface area contributed by atoms with E-state index < -0.39 is 7.92 Å². The number of nitrogens with zero attached hydrogens (tertiary/aromatic N) is 1. The third kappa shape index (κ3) is 4.85. The van der Waals surface area contributed by atoms with E-state index in [1.54, 1.807) is 0 Å². The van der Waals surface area contributed by atoms with Gasteiger partial charge >= 0.3 is 0 Å². The van der Waals surface area contributed by atoms with Gasteiger partial charge in [-0.1, -0.05) is 133 Å². The summed E-state index contributed by atoms with van der Waals surface area (Å²) in [5.74, 6) is 0. The Bertz CT molecular complexity index is 1300. The SMILES string of the molecule is c1ccc(P(c2ccccc2)c2ccccc2)cc1.c1ccc2c(c1)ccc1cccnc12. The summed E-state index contributed by atoms with van der Waals surface area (Å²) in [5.41, 5.74) is 1.09. The number of pyridine rings is 1. The number of fused-ring (bicyclic) bond motifs is 3. The lowest BCUT2D eigenvalue weighted by atomic mass is 10.1. The molecule has 6 aromatic rings. The maximum atomic E-state index is 4.41. The number of aromatic nitrogens is 1. The molecule has 0 saturated carbocycles. The lowest BCUT2D eigenvalue weighted by Gasteiger charge is -2.18. The Morgan fingerprint density at radius 2 is 0.848 bits per heavy atom. The van der Waals surface area contributed by atoms with Crippen molar-refractivity contribution in [2.45, 2.75) is 0 Å². The van der Waals surface area contributed by atoms with E-state index in [0.29, 0.717) is 0 Å². The molecule has 158 valence electrons. The van der Waals surface area contributed by atoms with E-state index in [1.165, 1.54) is 32.1 Å². The molecule has 0 aliphatic rings. The third-order valence-electron chi connectivity index (χ3n) is 5.54. The van der Waals surface area contributed by atoms with Gasteiger partial charge < -0.3 is 0 Å². The second-order valence-corrected chi connectivity index (χ2v) is 9.92. The van der Waals surface area contributed by atoms with Gasteiger partial charge in [0.05, 0.1) is 5.52 Å². The van der Waals surface area contributed by atoms with Gasteiger partial charge in [-0.25, -0.2) is 0 Å². The van der Waals surface area contributed by atoms with Gasteiger partial charge in [-0.15, -0.1) is 0 Å². The van der Waals surface area contributed by atoms with Crippen LogP contribution in [-0.2, 0) is 0 Å². The van der Waals surface area contributed by atoms with Crippen molar-refractivity contribution in [2.75, 3.05) is 0 Å². The summed E-state index contributed by atoms with van der Waals surface area (Å²) >= 11 is 0. The van der Waals surface area contributed by atoms with Crippen LogP contribution in [0.1, 0.15) is 0 Å². The smallest absolute Gasteiger partial charge is 0.0780 e. The third-order valence-corrected chi connectivity index (χ3v) is 7.98. The molecule has 0 atom stereocenters. The highest BCUT2D eigenvalue weighted by Gasteiger charge is 2.15. The van der Waals surface area contributed by atoms with Crippen LogP contribution in [0.15, 0.2) is 146 Å². The Kier molecular flexibility index (Phi) is 6.52. The Balaban J connectivity index is 0.000000144. The molecule has 0 saturated heterocycles. The lowest BCUT2D eigenvalue weighted by molar-refractivity contribution is 1.43. The molecule has 1 nitrogen and oxygen atoms in total. The molecule has 0 amide bonds. The highest BCUT2D eigenvalue weighted by molar-refractivity contribution is 7.79. The first-order valence-corrected chi connectivity index (χ1v) is 12.4. The molecule has 1 heterocycles. The molecule has 6 rings (SSSR count). The van der Waals surface area contributed by atoms with E-state index >= 15 is 0 Å². The first kappa shape index (κ1) is 21.1. The minimum absolute atomic E-state index is 0.446. The van der Waals surface area contributed by atoms with Crippen molar-refractivity contribution in [3.8, 4) is 0 Å². The second-order valence-electron chi connectivity index (χ2n) is 7.70. The molecule has 0 fully saturated rings. The topological polar surface area (TPSA) is 12.9 Å². The van der Waals surface area contributed by atoms with Crippen LogP contribution in [0, 0.1) is 0 Å². The Labute approximate surface area is 196 Å². The van der Waals surface area contributed by atoms with E-state index in [2.05, 4.69) is 138 Å². The highest BCUT2D eigenvalue weighted by Crippen LogP contribution is 2.32. The van der Waals surface area contributed by atoms with Crippen LogP contribution in [0.4, 0.5) is 0 Å². The fourth-order valence-corrected chi connectivity index (χ4v) is 6.30. The molecule has 0 spiro atoms. The van der Waals surface area contributed by atoms with Gasteiger partial charge in [-0.05, 0) is 35.3 Å². The van der Waals surface area contributed by atoms with E-state index in [4.69, 9.17) is 0 Å². The van der Waals surface area contributed by atoms with Crippen LogP contribution >= 0.6 is 7.92 Å². The highest BCUT2D eigenvalue weighted by atomic mass is 31.1. The molecular weight excluding hydrogens is 417 g/mol. The van der Waals surface area contributed by atoms with Crippen molar-refractivity contribution < 1.29 is 0 Å². The molecule has 2 heteroatoms. The predicted molar refractivity (Wildman–Crippen MR) is 144 cm³/mol. The molecule has 33 heavy (non-hydrogen) atoms. The molecule has 0 aliphatic heterocycles. The van der Waals surface area contributed by atoms with Crippen LogP contribution in [0.3, 0.4) is 0 Å². The van der Waals surface area contributed by atoms with E-state index in [1.807, 2.05) is 12.3 Å². The van der Waals surface area contributed by atoms with Crippen molar-refractivity contribution in [2.24, 2.45) is 0 Å². The maximum absolute atomic E-state index is 4.41. The summed E-state index contributed by atoms with van der Waals surface area (Å²) in [4.78, 5) is 4.41. The summed E-state index contributed by atoms with van der Waals surface area (Å²) < 4.78 is 0. The Hall–Kier alpha value is -3.80. The Morgan fingerprint density at radius 1 is 0.394 bits per heavy atom. The average molecular weight is 442 g/mol. The van der Waals surface area contributed by atoms with Crippen LogP contribution in [-0.4, -0.2) is 4.98 Å². The quantitative estimate of drug-likeness (QED) is 0.217. The molecule has 0 N–H and O–H groups in total. The average Bonchev–Trinajstić information content (AvgIpc) is 2.91. The number of hydrogen-bond acceptors (Lipinski definition) is 1. The van der Waals surface area contributed by atoms with Gasteiger partial charge in [0, 0.05) is 17.0 Å². The fourth-order valence-electron chi connectivity index (χ4n) is 3.99. The van der Waals surface area contributed by atoms with Crippen molar-refractivity contribution in [1.29, 1.82) is 0 Å². The molecule has 0 bridgehead atoms. The molecule has 5 aromatic carbocycles. The fraction of sp³-hybridized carbons (Fsp3) is 0. The van der Waals surface area contributed by atoms with Gasteiger partial charge in [-0.2, -0.15) is 0 Å². The summed E-state index contributed by atoms with van der Waals surface area (Å²) in [6.45, 7) is 0. The van der Waals surface area contributed by atoms with Crippen molar-refractivity contribution in [3.63, 3.8) is 0 Å². The first-order chi connectivity index (χ1) is 16.4. The van der Waals surface area contributed by atoms with Crippen molar-refractivity contribution in [3.05, 3.63) is 146 Å². The molecular formula is C31H24NP. The zero-order valence-electron chi connectivity index (χ0n) is 18.3. The zero-order valence-corrected chi connectivity index (χ0v) is 19.1. The summed E-state index contributed by atoms with van der Waals surface area (Å²) in [7, 11) is -0.446. The largest absolute Gasteiger partial charge is 0.256 e. The normalized spacial score (nSPS) is 10.7. The standard InChI is InChI=1S/C18H15P.C13H9N/c1-4-10-16(11-5-1)19(17-12-6-2-7-13-17)18-14-8-3-9-15-18;1-2-6-12-10(4-1)7-8-11-5-3-9-14-13(11)12/h1-15H;1-9H. The van der Waals surface area contributed by atoms with E-state index in [9.17, 15) is 0 Å². The minimum Gasteiger partial charge on any atom is -0.256 e.